The largest absolute Gasteiger partial charge is 0.499 e. The average molecular weight is 1050 g/mol. The second kappa shape index (κ2) is 17.5. The number of aromatic nitrogens is 5. The Bertz CT molecular complexity index is 3590. The molecule has 0 saturated carbocycles. The monoisotopic (exact) mass is 1050 g/mol. The molecule has 5 aromatic heterocycles. The zero-order chi connectivity index (χ0) is 46.8. The van der Waals surface area contributed by atoms with E-state index < -0.39 is 14.9 Å². The summed E-state index contributed by atoms with van der Waals surface area (Å²) in [5.74, 6) is 1.51. The van der Waals surface area contributed by atoms with E-state index in [4.69, 9.17) is 22.9 Å². The smallest absolute Gasteiger partial charge is 0.228 e. The van der Waals surface area contributed by atoms with Gasteiger partial charge in [-0.3, -0.25) is 15.0 Å². The van der Waals surface area contributed by atoms with Crippen LogP contribution in [0, 0.1) is 19.0 Å². The molecule has 11 aromatic rings. The first kappa shape index (κ1) is 40.0. The molecular formula is C56H49IrN5O2Si-2. The quantitative estimate of drug-likeness (QED) is 0.117. The molecule has 65 heavy (non-hydrogen) atoms. The molecule has 5 heterocycles. The molecule has 0 aliphatic rings. The van der Waals surface area contributed by atoms with Gasteiger partial charge < -0.3 is 13.4 Å². The molecule has 11 rings (SSSR count). The Morgan fingerprint density at radius 2 is 1.38 bits per heavy atom. The third-order valence-electron chi connectivity index (χ3n) is 11.9. The van der Waals surface area contributed by atoms with Crippen LogP contribution in [0.4, 0.5) is 0 Å². The van der Waals surface area contributed by atoms with E-state index in [-0.39, 0.29) is 37.5 Å². The van der Waals surface area contributed by atoms with Gasteiger partial charge in [0, 0.05) is 47.7 Å². The van der Waals surface area contributed by atoms with Crippen LogP contribution in [0.2, 0.25) is 19.6 Å². The van der Waals surface area contributed by atoms with E-state index in [1.165, 1.54) is 5.19 Å². The summed E-state index contributed by atoms with van der Waals surface area (Å²) in [6.45, 7) is 13.2. The number of hydrogen-bond donors (Lipinski definition) is 0. The summed E-state index contributed by atoms with van der Waals surface area (Å²) >= 11 is 0. The number of para-hydroxylation sites is 2. The summed E-state index contributed by atoms with van der Waals surface area (Å²) < 4.78 is 40.7. The fourth-order valence-corrected chi connectivity index (χ4v) is 9.37. The average Bonchev–Trinajstić information content (AvgIpc) is 4.01. The molecule has 1 radical (unpaired) electrons. The van der Waals surface area contributed by atoms with Crippen molar-refractivity contribution in [3.8, 4) is 39.6 Å². The van der Waals surface area contributed by atoms with Gasteiger partial charge in [0.05, 0.1) is 41.7 Å². The van der Waals surface area contributed by atoms with Gasteiger partial charge in [-0.2, -0.15) is 0 Å². The van der Waals surface area contributed by atoms with Crippen LogP contribution in [0.25, 0.3) is 94.8 Å². The molecule has 0 fully saturated rings. The zero-order valence-electron chi connectivity index (χ0n) is 40.3. The Hall–Kier alpha value is -6.51. The number of benzene rings is 6. The maximum Gasteiger partial charge on any atom is 0.228 e. The van der Waals surface area contributed by atoms with E-state index in [0.29, 0.717) is 44.8 Å². The first-order valence-corrected chi connectivity index (χ1v) is 25.3. The van der Waals surface area contributed by atoms with Crippen molar-refractivity contribution in [2.24, 2.45) is 0 Å². The summed E-state index contributed by atoms with van der Waals surface area (Å²) in [6.07, 6.45) is 3.91. The summed E-state index contributed by atoms with van der Waals surface area (Å²) in [6, 6.07) is 48.2. The summed E-state index contributed by atoms with van der Waals surface area (Å²) in [5, 5.41) is 3.92. The van der Waals surface area contributed by atoms with Gasteiger partial charge in [0.2, 0.25) is 5.71 Å². The Morgan fingerprint density at radius 3 is 2.08 bits per heavy atom. The van der Waals surface area contributed by atoms with E-state index in [9.17, 15) is 0 Å². The molecule has 0 amide bonds. The Labute approximate surface area is 398 Å². The summed E-state index contributed by atoms with van der Waals surface area (Å²) in [5.41, 5.74) is 11.5. The van der Waals surface area contributed by atoms with Crippen LogP contribution >= 0.6 is 0 Å². The molecule has 7 nitrogen and oxygen atoms in total. The Morgan fingerprint density at radius 1 is 0.662 bits per heavy atom. The third kappa shape index (κ3) is 8.03. The van der Waals surface area contributed by atoms with Crippen molar-refractivity contribution in [1.29, 1.82) is 0 Å². The molecular weight excluding hydrogens is 995 g/mol. The Balaban J connectivity index is 0.000000289. The van der Waals surface area contributed by atoms with Crippen molar-refractivity contribution >= 4 is 68.4 Å². The van der Waals surface area contributed by atoms with E-state index in [1.807, 2.05) is 91.3 Å². The van der Waals surface area contributed by atoms with Gasteiger partial charge in [-0.25, -0.2) is 4.98 Å². The van der Waals surface area contributed by atoms with E-state index in [0.717, 1.165) is 61.1 Å². The molecule has 6 aromatic carbocycles. The predicted molar refractivity (Wildman–Crippen MR) is 265 cm³/mol. The molecule has 0 spiro atoms. The number of nitrogens with zero attached hydrogens (tertiary/aromatic N) is 5. The number of rotatable bonds is 7. The van der Waals surface area contributed by atoms with Gasteiger partial charge in [0.1, 0.15) is 16.7 Å². The SMILES string of the molecule is C[Si](C)(C)c1cnc(-c2[c-]cccc2)nc1.[2H]C([2H])([2H])c1cccc2nc(-c3[c-]ccc4c3oc3cc5c(nc34)oc3ccccc35)n(-c3c(C(C)C)cc(-c4ccccc4)cc3C(C)C)c12.[Ir]. The number of hydrogen-bond acceptors (Lipinski definition) is 6. The summed E-state index contributed by atoms with van der Waals surface area (Å²) in [7, 11) is -1.29. The minimum Gasteiger partial charge on any atom is -0.499 e. The van der Waals surface area contributed by atoms with E-state index in [1.54, 1.807) is 12.1 Å². The fraction of sp³-hybridized carbons (Fsp3) is 0.179. The zero-order valence-corrected chi connectivity index (χ0v) is 40.7. The van der Waals surface area contributed by atoms with Gasteiger partial charge in [-0.1, -0.05) is 114 Å². The first-order chi connectivity index (χ1) is 32.2. The molecule has 0 atom stereocenters. The molecule has 0 saturated heterocycles. The normalized spacial score (nSPS) is 12.7. The Kier molecular flexibility index (Phi) is 10.8. The number of pyridine rings is 1. The van der Waals surface area contributed by atoms with Gasteiger partial charge >= 0.3 is 0 Å². The van der Waals surface area contributed by atoms with Crippen LogP contribution in [-0.2, 0) is 20.1 Å². The molecule has 0 N–H and O–H groups in total. The molecule has 0 unspecified atom stereocenters. The van der Waals surface area contributed by atoms with Crippen LogP contribution in [0.3, 0.4) is 0 Å². The van der Waals surface area contributed by atoms with Crippen LogP contribution in [0.5, 0.6) is 0 Å². The van der Waals surface area contributed by atoms with Crippen LogP contribution in [0.15, 0.2) is 149 Å². The van der Waals surface area contributed by atoms with E-state index >= 15 is 0 Å². The number of fused-ring (bicyclic) bond motifs is 7. The van der Waals surface area contributed by atoms with Crippen LogP contribution in [0.1, 0.15) is 60.3 Å². The molecule has 0 aliphatic heterocycles. The maximum atomic E-state index is 8.62. The first-order valence-electron chi connectivity index (χ1n) is 23.3. The second-order valence-corrected chi connectivity index (χ2v) is 23.0. The minimum absolute atomic E-state index is 0. The molecule has 0 aliphatic carbocycles. The predicted octanol–water partition coefficient (Wildman–Crippen LogP) is 14.4. The van der Waals surface area contributed by atoms with Crippen LogP contribution < -0.4 is 5.19 Å². The van der Waals surface area contributed by atoms with Crippen molar-refractivity contribution in [2.45, 2.75) is 66.0 Å². The molecule has 0 bridgehead atoms. The number of aryl methyl sites for hydroxylation is 1. The third-order valence-corrected chi connectivity index (χ3v) is 13.9. The van der Waals surface area contributed by atoms with Crippen molar-refractivity contribution < 1.29 is 33.1 Å². The standard InChI is InChI=1S/C43H34N3O2.C13H15N2Si.Ir/c1-24(2)32-21-28(27-14-7-6-8-15-27)22-33(25(3)4)40(32)46-39-26(5)13-11-19-35(39)44-42(46)31-18-12-17-30-38-37(47-41(30)31)23-34-29-16-9-10-20-36(29)48-43(34)45-38;1-16(2,3)12-9-14-13(15-10-12)11-7-5-4-6-8-11;/h6-17,19-25H,1-5H3;4-7,9-10H,1-3H3;/q2*-1;/i5D3;;. The minimum atomic E-state index is -2.38. The number of furan rings is 2. The maximum absolute atomic E-state index is 8.62. The molecule has 325 valence electrons. The van der Waals surface area contributed by atoms with Crippen molar-refractivity contribution in [3.05, 3.63) is 169 Å². The summed E-state index contributed by atoms with van der Waals surface area (Å²) in [4.78, 5) is 19.0. The molecule has 9 heteroatoms. The van der Waals surface area contributed by atoms with E-state index in [2.05, 4.69) is 110 Å². The van der Waals surface area contributed by atoms with Gasteiger partial charge in [0.15, 0.2) is 0 Å². The fourth-order valence-electron chi connectivity index (χ4n) is 8.47. The topological polar surface area (TPSA) is 82.8 Å². The second-order valence-electron chi connectivity index (χ2n) is 17.9. The van der Waals surface area contributed by atoms with Gasteiger partial charge in [-0.05, 0) is 87.4 Å². The van der Waals surface area contributed by atoms with Crippen molar-refractivity contribution in [2.75, 3.05) is 0 Å². The number of imidazole rings is 1. The van der Waals surface area contributed by atoms with Gasteiger partial charge in [-0.15, -0.1) is 54.1 Å². The van der Waals surface area contributed by atoms with Crippen LogP contribution in [-0.4, -0.2) is 32.6 Å². The van der Waals surface area contributed by atoms with Crippen molar-refractivity contribution in [1.82, 2.24) is 24.5 Å². The van der Waals surface area contributed by atoms with Gasteiger partial charge in [0.25, 0.3) is 0 Å². The van der Waals surface area contributed by atoms with Crippen molar-refractivity contribution in [3.63, 3.8) is 0 Å².